The summed E-state index contributed by atoms with van der Waals surface area (Å²) in [4.78, 5) is 0. The van der Waals surface area contributed by atoms with E-state index in [1.807, 2.05) is 6.92 Å². The van der Waals surface area contributed by atoms with E-state index >= 15 is 0 Å². The second-order valence-corrected chi connectivity index (χ2v) is 3.83. The Hall–Kier alpha value is -1.64. The highest BCUT2D eigenvalue weighted by atomic mass is 19.1. The fourth-order valence-electron chi connectivity index (χ4n) is 2.08. The summed E-state index contributed by atoms with van der Waals surface area (Å²) in [6.45, 7) is 3.56. The van der Waals surface area contributed by atoms with E-state index in [0.717, 1.165) is 0 Å². The summed E-state index contributed by atoms with van der Waals surface area (Å²) in [5.41, 5.74) is 1.18. The molecule has 0 unspecified atom stereocenters. The fraction of sp³-hybridized carbons (Fsp3) is 0.231. The van der Waals surface area contributed by atoms with Crippen LogP contribution in [0.3, 0.4) is 0 Å². The smallest absolute Gasteiger partial charge is 0.172 e. The molecule has 0 heterocycles. The third kappa shape index (κ3) is 1.43. The normalized spacial score (nSPS) is 11.0. The van der Waals surface area contributed by atoms with Gasteiger partial charge in [-0.3, -0.25) is 0 Å². The summed E-state index contributed by atoms with van der Waals surface area (Å²) in [6, 6.07) is 3.94. The Morgan fingerprint density at radius 3 is 2.56 bits per heavy atom. The van der Waals surface area contributed by atoms with Gasteiger partial charge in [-0.25, -0.2) is 8.78 Å². The van der Waals surface area contributed by atoms with Crippen molar-refractivity contribution in [2.24, 2.45) is 0 Å². The average molecular weight is 222 g/mol. The van der Waals surface area contributed by atoms with Gasteiger partial charge in [0.1, 0.15) is 5.82 Å². The summed E-state index contributed by atoms with van der Waals surface area (Å²) in [6.07, 6.45) is 0.494. The average Bonchev–Trinajstić information content (AvgIpc) is 2.25. The van der Waals surface area contributed by atoms with Gasteiger partial charge in [0, 0.05) is 5.39 Å². The zero-order valence-electron chi connectivity index (χ0n) is 9.14. The van der Waals surface area contributed by atoms with Crippen molar-refractivity contribution in [3.63, 3.8) is 0 Å². The molecule has 16 heavy (non-hydrogen) atoms. The molecule has 0 radical (unpaired) electrons. The van der Waals surface area contributed by atoms with Crippen LogP contribution in [0.4, 0.5) is 8.78 Å². The van der Waals surface area contributed by atoms with E-state index < -0.39 is 11.6 Å². The molecule has 0 fully saturated rings. The van der Waals surface area contributed by atoms with Crippen LogP contribution in [0.25, 0.3) is 10.8 Å². The van der Waals surface area contributed by atoms with Crippen molar-refractivity contribution in [2.75, 3.05) is 0 Å². The van der Waals surface area contributed by atoms with Gasteiger partial charge in [0.25, 0.3) is 0 Å². The van der Waals surface area contributed by atoms with E-state index in [0.29, 0.717) is 22.9 Å². The van der Waals surface area contributed by atoms with Crippen LogP contribution in [0.15, 0.2) is 18.2 Å². The predicted molar refractivity (Wildman–Crippen MR) is 59.6 cm³/mol. The summed E-state index contributed by atoms with van der Waals surface area (Å²) >= 11 is 0. The van der Waals surface area contributed by atoms with Gasteiger partial charge in [-0.2, -0.15) is 0 Å². The molecule has 0 aromatic heterocycles. The maximum absolute atomic E-state index is 13.7. The molecule has 0 aliphatic carbocycles. The quantitative estimate of drug-likeness (QED) is 0.780. The lowest BCUT2D eigenvalue weighted by Gasteiger charge is -2.10. The number of halogens is 2. The third-order valence-electron chi connectivity index (χ3n) is 2.82. The SMILES string of the molecule is CCc1c(F)ccc2c(F)c(O)cc(C)c12. The van der Waals surface area contributed by atoms with Crippen molar-refractivity contribution in [1.82, 2.24) is 0 Å². The highest BCUT2D eigenvalue weighted by molar-refractivity contribution is 5.90. The van der Waals surface area contributed by atoms with Crippen LogP contribution < -0.4 is 0 Å². The van der Waals surface area contributed by atoms with Crippen LogP contribution >= 0.6 is 0 Å². The summed E-state index contributed by atoms with van der Waals surface area (Å²) in [5, 5.41) is 10.2. The Bertz CT molecular complexity index is 562. The molecule has 3 heteroatoms. The number of aryl methyl sites for hydroxylation is 2. The minimum Gasteiger partial charge on any atom is -0.505 e. The van der Waals surface area contributed by atoms with Crippen molar-refractivity contribution >= 4 is 10.8 Å². The number of hydrogen-bond acceptors (Lipinski definition) is 1. The maximum Gasteiger partial charge on any atom is 0.172 e. The minimum atomic E-state index is -0.685. The van der Waals surface area contributed by atoms with Crippen LogP contribution in [0.1, 0.15) is 18.1 Å². The molecule has 84 valence electrons. The summed E-state index contributed by atoms with van der Waals surface area (Å²) < 4.78 is 27.2. The second-order valence-electron chi connectivity index (χ2n) is 3.83. The molecule has 0 bridgehead atoms. The third-order valence-corrected chi connectivity index (χ3v) is 2.82. The lowest BCUT2D eigenvalue weighted by Crippen LogP contribution is -1.94. The summed E-state index contributed by atoms with van der Waals surface area (Å²) in [7, 11) is 0. The fourth-order valence-corrected chi connectivity index (χ4v) is 2.08. The minimum absolute atomic E-state index is 0.274. The Balaban J connectivity index is 2.99. The topological polar surface area (TPSA) is 20.2 Å². The molecular weight excluding hydrogens is 210 g/mol. The molecule has 1 N–H and O–H groups in total. The van der Waals surface area contributed by atoms with E-state index in [1.54, 1.807) is 6.92 Å². The van der Waals surface area contributed by atoms with Crippen molar-refractivity contribution in [1.29, 1.82) is 0 Å². The molecular formula is C13H12F2O. The molecule has 1 nitrogen and oxygen atoms in total. The van der Waals surface area contributed by atoms with E-state index in [-0.39, 0.29) is 11.2 Å². The van der Waals surface area contributed by atoms with E-state index in [4.69, 9.17) is 0 Å². The monoisotopic (exact) mass is 222 g/mol. The van der Waals surface area contributed by atoms with Gasteiger partial charge in [-0.15, -0.1) is 0 Å². The summed E-state index contributed by atoms with van der Waals surface area (Å²) in [5.74, 6) is -1.41. The van der Waals surface area contributed by atoms with Gasteiger partial charge in [-0.05, 0) is 48.1 Å². The second kappa shape index (κ2) is 3.74. The largest absolute Gasteiger partial charge is 0.505 e. The number of hydrogen-bond donors (Lipinski definition) is 1. The molecule has 2 aromatic carbocycles. The molecule has 0 saturated carbocycles. The molecule has 0 amide bonds. The van der Waals surface area contributed by atoms with Crippen molar-refractivity contribution in [3.05, 3.63) is 41.0 Å². The van der Waals surface area contributed by atoms with E-state index in [9.17, 15) is 13.9 Å². The first-order chi connectivity index (χ1) is 7.56. The molecule has 2 rings (SSSR count). The van der Waals surface area contributed by atoms with Gasteiger partial charge >= 0.3 is 0 Å². The standard InChI is InChI=1S/C13H12F2O/c1-3-8-10(14)5-4-9-12(8)7(2)6-11(16)13(9)15/h4-6,16H,3H2,1-2H3. The number of phenols is 1. The lowest BCUT2D eigenvalue weighted by atomic mass is 9.97. The van der Waals surface area contributed by atoms with Crippen molar-refractivity contribution < 1.29 is 13.9 Å². The molecule has 0 atom stereocenters. The van der Waals surface area contributed by atoms with Crippen LogP contribution in [0.5, 0.6) is 5.75 Å². The Labute approximate surface area is 92.3 Å². The maximum atomic E-state index is 13.7. The molecule has 2 aromatic rings. The first-order valence-corrected chi connectivity index (χ1v) is 5.15. The van der Waals surface area contributed by atoms with Gasteiger partial charge in [-0.1, -0.05) is 6.92 Å². The highest BCUT2D eigenvalue weighted by Gasteiger charge is 2.14. The van der Waals surface area contributed by atoms with Gasteiger partial charge in [0.2, 0.25) is 0 Å². The van der Waals surface area contributed by atoms with Gasteiger partial charge in [0.15, 0.2) is 11.6 Å². The zero-order chi connectivity index (χ0) is 11.9. The zero-order valence-corrected chi connectivity index (χ0v) is 9.14. The van der Waals surface area contributed by atoms with Gasteiger partial charge < -0.3 is 5.11 Å². The van der Waals surface area contributed by atoms with Crippen molar-refractivity contribution in [3.8, 4) is 5.75 Å². The lowest BCUT2D eigenvalue weighted by molar-refractivity contribution is 0.435. The molecule has 0 saturated heterocycles. The van der Waals surface area contributed by atoms with Crippen LogP contribution in [0.2, 0.25) is 0 Å². The Kier molecular flexibility index (Phi) is 2.54. The number of phenolic OH excluding ortho intramolecular Hbond substituents is 1. The van der Waals surface area contributed by atoms with Crippen LogP contribution in [-0.2, 0) is 6.42 Å². The first kappa shape index (κ1) is 10.9. The molecule has 0 aliphatic rings. The predicted octanol–water partition coefficient (Wildman–Crippen LogP) is 3.69. The van der Waals surface area contributed by atoms with Crippen LogP contribution in [0, 0.1) is 18.6 Å². The Morgan fingerprint density at radius 1 is 1.25 bits per heavy atom. The number of fused-ring (bicyclic) bond motifs is 1. The van der Waals surface area contributed by atoms with Crippen molar-refractivity contribution in [2.45, 2.75) is 20.3 Å². The molecule has 0 spiro atoms. The number of aromatic hydroxyl groups is 1. The highest BCUT2D eigenvalue weighted by Crippen LogP contribution is 2.32. The van der Waals surface area contributed by atoms with Gasteiger partial charge in [0.05, 0.1) is 0 Å². The van der Waals surface area contributed by atoms with E-state index in [1.165, 1.54) is 18.2 Å². The number of rotatable bonds is 1. The van der Waals surface area contributed by atoms with E-state index in [2.05, 4.69) is 0 Å². The number of benzene rings is 2. The Morgan fingerprint density at radius 2 is 1.94 bits per heavy atom. The first-order valence-electron chi connectivity index (χ1n) is 5.15. The van der Waals surface area contributed by atoms with Crippen LogP contribution in [-0.4, -0.2) is 5.11 Å². The molecule has 0 aliphatic heterocycles.